The van der Waals surface area contributed by atoms with Gasteiger partial charge in [0.05, 0.1) is 4.92 Å². The maximum atomic E-state index is 13.4. The van der Waals surface area contributed by atoms with E-state index in [1.54, 1.807) is 11.9 Å². The summed E-state index contributed by atoms with van der Waals surface area (Å²) in [6.07, 6.45) is 2.94. The number of nitrogens with zero attached hydrogens (tertiary/aromatic N) is 5. The highest BCUT2D eigenvalue weighted by molar-refractivity contribution is 5.74. The number of piperidine rings is 1. The number of likely N-dealkylation sites (tertiary alicyclic amines) is 1. The first-order valence-electron chi connectivity index (χ1n) is 8.49. The number of hydrogen-bond acceptors (Lipinski definition) is 7. The summed E-state index contributed by atoms with van der Waals surface area (Å²) in [5, 5.41) is 14.4. The van der Waals surface area contributed by atoms with Crippen molar-refractivity contribution in [1.82, 2.24) is 14.9 Å². The minimum Gasteiger partial charge on any atom is -0.351 e. The Hall–Kier alpha value is -2.88. The van der Waals surface area contributed by atoms with Crippen molar-refractivity contribution in [3.05, 3.63) is 46.3 Å². The summed E-state index contributed by atoms with van der Waals surface area (Å²) in [5.74, 6) is -1.94. The van der Waals surface area contributed by atoms with Crippen molar-refractivity contribution in [2.24, 2.45) is 0 Å². The van der Waals surface area contributed by atoms with E-state index >= 15 is 0 Å². The van der Waals surface area contributed by atoms with Crippen LogP contribution in [0.3, 0.4) is 0 Å². The molecule has 1 fully saturated rings. The molecular formula is C17H20F2N6O2. The smallest absolute Gasteiger partial charge is 0.351 e. The highest BCUT2D eigenvalue weighted by Gasteiger charge is 2.30. The minimum absolute atomic E-state index is 0.0733. The van der Waals surface area contributed by atoms with Gasteiger partial charge in [0.1, 0.15) is 6.33 Å². The molecule has 1 N–H and O–H groups in total. The molecule has 0 bridgehead atoms. The quantitative estimate of drug-likeness (QED) is 0.632. The molecule has 3 rings (SSSR count). The fourth-order valence-corrected chi connectivity index (χ4v) is 3.15. The molecule has 2 aromatic rings. The van der Waals surface area contributed by atoms with Crippen molar-refractivity contribution in [3.8, 4) is 0 Å². The number of aromatic nitrogens is 2. The van der Waals surface area contributed by atoms with Crippen molar-refractivity contribution < 1.29 is 13.7 Å². The number of nitro groups is 1. The van der Waals surface area contributed by atoms with Crippen LogP contribution in [0.4, 0.5) is 31.8 Å². The molecule has 1 saturated heterocycles. The Morgan fingerprint density at radius 3 is 2.59 bits per heavy atom. The van der Waals surface area contributed by atoms with Crippen molar-refractivity contribution in [2.75, 3.05) is 37.4 Å². The van der Waals surface area contributed by atoms with Gasteiger partial charge in [-0.3, -0.25) is 10.1 Å². The summed E-state index contributed by atoms with van der Waals surface area (Å²) in [4.78, 5) is 23.2. The van der Waals surface area contributed by atoms with E-state index in [1.807, 2.05) is 7.05 Å². The van der Waals surface area contributed by atoms with E-state index in [9.17, 15) is 18.9 Å². The van der Waals surface area contributed by atoms with E-state index in [2.05, 4.69) is 20.2 Å². The third-order valence-electron chi connectivity index (χ3n) is 4.74. The molecule has 0 atom stereocenters. The van der Waals surface area contributed by atoms with Crippen molar-refractivity contribution >= 4 is 23.0 Å². The monoisotopic (exact) mass is 378 g/mol. The molecule has 1 aliphatic rings. The molecule has 0 unspecified atom stereocenters. The lowest BCUT2D eigenvalue weighted by molar-refractivity contribution is -0.383. The predicted octanol–water partition coefficient (Wildman–Crippen LogP) is 2.94. The first-order valence-corrected chi connectivity index (χ1v) is 8.49. The van der Waals surface area contributed by atoms with E-state index in [0.717, 1.165) is 38.1 Å². The van der Waals surface area contributed by atoms with Crippen LogP contribution in [-0.4, -0.2) is 53.0 Å². The number of hydrogen-bond donors (Lipinski definition) is 1. The van der Waals surface area contributed by atoms with Gasteiger partial charge in [0.2, 0.25) is 11.6 Å². The molecule has 0 spiro atoms. The third kappa shape index (κ3) is 4.11. The Bertz CT molecular complexity index is 842. The second-order valence-corrected chi connectivity index (χ2v) is 6.55. The van der Waals surface area contributed by atoms with Crippen LogP contribution in [0.15, 0.2) is 24.5 Å². The zero-order chi connectivity index (χ0) is 19.6. The Kier molecular flexibility index (Phi) is 5.45. The van der Waals surface area contributed by atoms with Crippen LogP contribution in [0.1, 0.15) is 12.8 Å². The van der Waals surface area contributed by atoms with Gasteiger partial charge in [0.25, 0.3) is 0 Å². The van der Waals surface area contributed by atoms with Gasteiger partial charge >= 0.3 is 5.69 Å². The summed E-state index contributed by atoms with van der Waals surface area (Å²) in [6.45, 7) is 1.79. The highest BCUT2D eigenvalue weighted by Crippen LogP contribution is 2.35. The molecule has 1 aliphatic heterocycles. The maximum absolute atomic E-state index is 13.4. The molecular weight excluding hydrogens is 358 g/mol. The average Bonchev–Trinajstić information content (AvgIpc) is 2.64. The fourth-order valence-electron chi connectivity index (χ4n) is 3.15. The first-order chi connectivity index (χ1) is 12.9. The van der Waals surface area contributed by atoms with Crippen LogP contribution in [0.2, 0.25) is 0 Å². The van der Waals surface area contributed by atoms with Gasteiger partial charge in [-0.1, -0.05) is 0 Å². The lowest BCUT2D eigenvalue weighted by atomic mass is 10.0. The molecule has 1 aromatic carbocycles. The van der Waals surface area contributed by atoms with Crippen LogP contribution in [0.5, 0.6) is 0 Å². The lowest BCUT2D eigenvalue weighted by Crippen LogP contribution is -2.42. The Morgan fingerprint density at radius 2 is 1.96 bits per heavy atom. The lowest BCUT2D eigenvalue weighted by Gasteiger charge is -2.35. The van der Waals surface area contributed by atoms with E-state index < -0.39 is 16.6 Å². The van der Waals surface area contributed by atoms with Gasteiger partial charge in [-0.25, -0.2) is 18.7 Å². The first kappa shape index (κ1) is 18.9. The highest BCUT2D eigenvalue weighted by atomic mass is 19.2. The number of benzene rings is 1. The second-order valence-electron chi connectivity index (χ2n) is 6.55. The largest absolute Gasteiger partial charge is 0.353 e. The summed E-state index contributed by atoms with van der Waals surface area (Å²) >= 11 is 0. The van der Waals surface area contributed by atoms with Gasteiger partial charge in [-0.05, 0) is 45.1 Å². The Morgan fingerprint density at radius 1 is 1.26 bits per heavy atom. The van der Waals surface area contributed by atoms with Crippen LogP contribution in [0.25, 0.3) is 0 Å². The van der Waals surface area contributed by atoms with Crippen molar-refractivity contribution in [2.45, 2.75) is 18.9 Å². The Labute approximate surface area is 155 Å². The zero-order valence-electron chi connectivity index (χ0n) is 15.0. The van der Waals surface area contributed by atoms with Crippen LogP contribution in [0, 0.1) is 21.7 Å². The molecule has 0 aliphatic carbocycles. The fraction of sp³-hybridized carbons (Fsp3) is 0.412. The summed E-state index contributed by atoms with van der Waals surface area (Å²) in [7, 11) is 3.81. The molecule has 144 valence electrons. The van der Waals surface area contributed by atoms with Gasteiger partial charge in [0, 0.05) is 24.8 Å². The standard InChI is InChI=1S/C17H20F2N6O2/c1-23-7-5-12(6-8-23)24(2)17-15(25(26)27)16(20-10-21-17)22-11-3-4-13(18)14(19)9-11/h3-4,9-10,12H,5-8H2,1-2H3,(H,20,21,22). The molecule has 27 heavy (non-hydrogen) atoms. The molecule has 10 heteroatoms. The van der Waals surface area contributed by atoms with Crippen LogP contribution in [-0.2, 0) is 0 Å². The number of rotatable bonds is 5. The van der Waals surface area contributed by atoms with Crippen molar-refractivity contribution in [1.29, 1.82) is 0 Å². The minimum atomic E-state index is -1.06. The van der Waals surface area contributed by atoms with E-state index in [1.165, 1.54) is 12.4 Å². The normalized spacial score (nSPS) is 15.6. The number of anilines is 3. The summed E-state index contributed by atoms with van der Waals surface area (Å²) in [5.41, 5.74) is -0.146. The third-order valence-corrected chi connectivity index (χ3v) is 4.74. The summed E-state index contributed by atoms with van der Waals surface area (Å²) in [6, 6.07) is 3.26. The van der Waals surface area contributed by atoms with Gasteiger partial charge in [-0.15, -0.1) is 0 Å². The second kappa shape index (κ2) is 7.78. The van der Waals surface area contributed by atoms with Gasteiger partial charge < -0.3 is 15.1 Å². The van der Waals surface area contributed by atoms with E-state index in [4.69, 9.17) is 0 Å². The average molecular weight is 378 g/mol. The number of nitrogens with one attached hydrogen (secondary N) is 1. The van der Waals surface area contributed by atoms with E-state index in [-0.39, 0.29) is 29.1 Å². The van der Waals surface area contributed by atoms with Gasteiger partial charge in [0.15, 0.2) is 11.6 Å². The molecule has 1 aromatic heterocycles. The number of halogens is 2. The molecule has 0 amide bonds. The Balaban J connectivity index is 1.92. The van der Waals surface area contributed by atoms with Crippen molar-refractivity contribution in [3.63, 3.8) is 0 Å². The van der Waals surface area contributed by atoms with Gasteiger partial charge in [-0.2, -0.15) is 0 Å². The van der Waals surface area contributed by atoms with E-state index in [0.29, 0.717) is 0 Å². The van der Waals surface area contributed by atoms with Crippen LogP contribution >= 0.6 is 0 Å². The summed E-state index contributed by atoms with van der Waals surface area (Å²) < 4.78 is 26.5. The molecule has 0 radical (unpaired) electrons. The zero-order valence-corrected chi connectivity index (χ0v) is 15.0. The molecule has 2 heterocycles. The molecule has 8 nitrogen and oxygen atoms in total. The molecule has 0 saturated carbocycles. The predicted molar refractivity (Wildman–Crippen MR) is 97.2 cm³/mol. The van der Waals surface area contributed by atoms with Crippen LogP contribution < -0.4 is 10.2 Å². The SMILES string of the molecule is CN1CCC(N(C)c2ncnc(Nc3ccc(F)c(F)c3)c2[N+](=O)[O-])CC1. The topological polar surface area (TPSA) is 87.4 Å². The maximum Gasteiger partial charge on any atom is 0.353 e.